The van der Waals surface area contributed by atoms with Gasteiger partial charge < -0.3 is 9.64 Å². The van der Waals surface area contributed by atoms with Gasteiger partial charge in [-0.2, -0.15) is 0 Å². The largest absolute Gasteiger partial charge is 0.365 e. The highest BCUT2D eigenvalue weighted by Gasteiger charge is 2.28. The number of thiazole rings is 1. The maximum atomic E-state index is 12.0. The Morgan fingerprint density at radius 1 is 1.53 bits per heavy atom. The van der Waals surface area contributed by atoms with Crippen LogP contribution >= 0.6 is 22.7 Å². The summed E-state index contributed by atoms with van der Waals surface area (Å²) in [5.41, 5.74) is 1.57. The SMILES string of the molecule is O=C(Nc1nncs1)C1CN(c2nccs2)CCO1. The van der Waals surface area contributed by atoms with Crippen LogP contribution < -0.4 is 10.2 Å². The minimum Gasteiger partial charge on any atom is -0.365 e. The molecule has 1 N–H and O–H groups in total. The highest BCUT2D eigenvalue weighted by Crippen LogP contribution is 2.20. The molecule has 3 heterocycles. The van der Waals surface area contributed by atoms with Gasteiger partial charge in [0.2, 0.25) is 5.13 Å². The summed E-state index contributed by atoms with van der Waals surface area (Å²) in [6, 6.07) is 0. The third kappa shape index (κ3) is 2.88. The standard InChI is InChI=1S/C10H11N5O2S2/c16-8(13-9-14-12-6-19-9)7-5-15(2-3-17-7)10-11-1-4-18-10/h1,4,6-7H,2-3,5H2,(H,13,14,16). The molecule has 1 fully saturated rings. The first-order chi connectivity index (χ1) is 9.33. The molecule has 100 valence electrons. The predicted molar refractivity (Wildman–Crippen MR) is 72.6 cm³/mol. The molecule has 0 saturated carbocycles. The second-order valence-corrected chi connectivity index (χ2v) is 5.56. The molecule has 0 bridgehead atoms. The maximum absolute atomic E-state index is 12.0. The second-order valence-electron chi connectivity index (χ2n) is 3.85. The lowest BCUT2D eigenvalue weighted by Gasteiger charge is -2.31. The van der Waals surface area contributed by atoms with Crippen molar-refractivity contribution in [3.05, 3.63) is 17.1 Å². The molecule has 1 aliphatic heterocycles. The van der Waals surface area contributed by atoms with E-state index in [1.54, 1.807) is 23.0 Å². The van der Waals surface area contributed by atoms with E-state index in [4.69, 9.17) is 4.74 Å². The van der Waals surface area contributed by atoms with Crippen molar-refractivity contribution >= 4 is 38.8 Å². The fourth-order valence-corrected chi connectivity index (χ4v) is 2.90. The molecule has 1 aliphatic rings. The molecule has 0 spiro atoms. The van der Waals surface area contributed by atoms with E-state index in [0.29, 0.717) is 18.3 Å². The lowest BCUT2D eigenvalue weighted by atomic mass is 10.2. The molecule has 0 radical (unpaired) electrons. The van der Waals surface area contributed by atoms with Crippen molar-refractivity contribution in [2.75, 3.05) is 29.9 Å². The van der Waals surface area contributed by atoms with E-state index in [1.807, 2.05) is 5.38 Å². The quantitative estimate of drug-likeness (QED) is 0.904. The Kier molecular flexibility index (Phi) is 3.67. The smallest absolute Gasteiger partial charge is 0.257 e. The third-order valence-corrected chi connectivity index (χ3v) is 4.08. The summed E-state index contributed by atoms with van der Waals surface area (Å²) in [4.78, 5) is 18.3. The van der Waals surface area contributed by atoms with E-state index in [9.17, 15) is 4.79 Å². The van der Waals surface area contributed by atoms with Crippen LogP contribution in [0.15, 0.2) is 17.1 Å². The van der Waals surface area contributed by atoms with Crippen molar-refractivity contribution in [3.63, 3.8) is 0 Å². The minimum atomic E-state index is -0.512. The zero-order valence-electron chi connectivity index (χ0n) is 9.85. The van der Waals surface area contributed by atoms with Crippen molar-refractivity contribution < 1.29 is 9.53 Å². The van der Waals surface area contributed by atoms with Gasteiger partial charge in [-0.05, 0) is 0 Å². The Bertz CT molecular complexity index is 530. The minimum absolute atomic E-state index is 0.196. The van der Waals surface area contributed by atoms with Gasteiger partial charge in [0.15, 0.2) is 11.2 Å². The van der Waals surface area contributed by atoms with Gasteiger partial charge in [-0.15, -0.1) is 21.5 Å². The molecule has 19 heavy (non-hydrogen) atoms. The number of hydrogen-bond acceptors (Lipinski definition) is 8. The van der Waals surface area contributed by atoms with Crippen LogP contribution in [0, 0.1) is 0 Å². The van der Waals surface area contributed by atoms with Crippen LogP contribution in [0.2, 0.25) is 0 Å². The lowest BCUT2D eigenvalue weighted by Crippen LogP contribution is -2.48. The number of morpholine rings is 1. The summed E-state index contributed by atoms with van der Waals surface area (Å²) in [6.07, 6.45) is 1.24. The van der Waals surface area contributed by atoms with E-state index in [1.165, 1.54) is 11.3 Å². The first kappa shape index (κ1) is 12.5. The Morgan fingerprint density at radius 3 is 3.21 bits per heavy atom. The predicted octanol–water partition coefficient (Wildman–Crippen LogP) is 0.838. The van der Waals surface area contributed by atoms with E-state index < -0.39 is 6.10 Å². The van der Waals surface area contributed by atoms with Crippen molar-refractivity contribution in [2.45, 2.75) is 6.10 Å². The van der Waals surface area contributed by atoms with Gasteiger partial charge in [0.05, 0.1) is 13.2 Å². The molecule has 7 nitrogen and oxygen atoms in total. The van der Waals surface area contributed by atoms with Crippen molar-refractivity contribution in [1.82, 2.24) is 15.2 Å². The highest BCUT2D eigenvalue weighted by molar-refractivity contribution is 7.13. The van der Waals surface area contributed by atoms with Crippen LogP contribution in [0.1, 0.15) is 0 Å². The number of anilines is 2. The Hall–Kier alpha value is -1.58. The van der Waals surface area contributed by atoms with E-state index >= 15 is 0 Å². The fraction of sp³-hybridized carbons (Fsp3) is 0.400. The molecule has 9 heteroatoms. The Morgan fingerprint density at radius 2 is 2.47 bits per heavy atom. The van der Waals surface area contributed by atoms with Crippen molar-refractivity contribution in [3.8, 4) is 0 Å². The van der Waals surface area contributed by atoms with E-state index in [-0.39, 0.29) is 5.91 Å². The first-order valence-corrected chi connectivity index (χ1v) is 7.42. The molecule has 2 aromatic rings. The van der Waals surface area contributed by atoms with Crippen LogP contribution in [0.5, 0.6) is 0 Å². The second kappa shape index (κ2) is 5.59. The summed E-state index contributed by atoms with van der Waals surface area (Å²) in [5.74, 6) is -0.196. The van der Waals surface area contributed by atoms with E-state index in [0.717, 1.165) is 11.7 Å². The number of hydrogen-bond donors (Lipinski definition) is 1. The van der Waals surface area contributed by atoms with E-state index in [2.05, 4.69) is 25.4 Å². The van der Waals surface area contributed by atoms with Gasteiger partial charge in [0.1, 0.15) is 5.51 Å². The molecule has 1 saturated heterocycles. The average Bonchev–Trinajstić information content (AvgIpc) is 3.12. The number of ether oxygens (including phenoxy) is 1. The maximum Gasteiger partial charge on any atom is 0.257 e. The normalized spacial score (nSPS) is 19.4. The molecule has 2 aromatic heterocycles. The van der Waals surface area contributed by atoms with Gasteiger partial charge in [0, 0.05) is 18.1 Å². The molecule has 1 amide bonds. The zero-order chi connectivity index (χ0) is 13.1. The van der Waals surface area contributed by atoms with Gasteiger partial charge in [-0.3, -0.25) is 10.1 Å². The van der Waals surface area contributed by atoms with Crippen LogP contribution in [-0.4, -0.2) is 46.9 Å². The monoisotopic (exact) mass is 297 g/mol. The zero-order valence-corrected chi connectivity index (χ0v) is 11.5. The summed E-state index contributed by atoms with van der Waals surface area (Å²) in [6.45, 7) is 1.75. The molecule has 1 atom stereocenters. The third-order valence-electron chi connectivity index (χ3n) is 2.64. The molecule has 1 unspecified atom stereocenters. The Balaban J connectivity index is 1.63. The fourth-order valence-electron chi connectivity index (χ4n) is 1.77. The number of rotatable bonds is 3. The van der Waals surface area contributed by atoms with Gasteiger partial charge in [-0.1, -0.05) is 11.3 Å². The molecule has 0 aromatic carbocycles. The number of nitrogens with one attached hydrogen (secondary N) is 1. The van der Waals surface area contributed by atoms with Gasteiger partial charge >= 0.3 is 0 Å². The molecular formula is C10H11N5O2S2. The Labute approximate surface area is 117 Å². The van der Waals surface area contributed by atoms with Crippen LogP contribution in [0.3, 0.4) is 0 Å². The summed E-state index contributed by atoms with van der Waals surface area (Å²) < 4.78 is 5.50. The van der Waals surface area contributed by atoms with Crippen molar-refractivity contribution in [2.24, 2.45) is 0 Å². The summed E-state index contributed by atoms with van der Waals surface area (Å²) in [5, 5.41) is 13.5. The number of carbonyl (C=O) groups excluding carboxylic acids is 1. The van der Waals surface area contributed by atoms with Gasteiger partial charge in [0.25, 0.3) is 5.91 Å². The number of aromatic nitrogens is 3. The number of carbonyl (C=O) groups is 1. The molecular weight excluding hydrogens is 286 g/mol. The van der Waals surface area contributed by atoms with Crippen LogP contribution in [-0.2, 0) is 9.53 Å². The van der Waals surface area contributed by atoms with Crippen LogP contribution in [0.4, 0.5) is 10.3 Å². The van der Waals surface area contributed by atoms with Gasteiger partial charge in [-0.25, -0.2) is 4.98 Å². The molecule has 3 rings (SSSR count). The highest BCUT2D eigenvalue weighted by atomic mass is 32.1. The average molecular weight is 297 g/mol. The molecule has 0 aliphatic carbocycles. The first-order valence-electron chi connectivity index (χ1n) is 5.66. The number of nitrogens with zero attached hydrogens (tertiary/aromatic N) is 4. The lowest BCUT2D eigenvalue weighted by molar-refractivity contribution is -0.128. The summed E-state index contributed by atoms with van der Waals surface area (Å²) >= 11 is 2.84. The van der Waals surface area contributed by atoms with Crippen molar-refractivity contribution in [1.29, 1.82) is 0 Å². The summed E-state index contributed by atoms with van der Waals surface area (Å²) in [7, 11) is 0. The number of amides is 1. The topological polar surface area (TPSA) is 80.2 Å². The van der Waals surface area contributed by atoms with Crippen LogP contribution in [0.25, 0.3) is 0 Å².